The lowest BCUT2D eigenvalue weighted by Crippen LogP contribution is -2.42. The van der Waals surface area contributed by atoms with Crippen LogP contribution in [0, 0.1) is 12.8 Å². The van der Waals surface area contributed by atoms with E-state index in [1.807, 2.05) is 12.1 Å². The highest BCUT2D eigenvalue weighted by molar-refractivity contribution is 5.82. The summed E-state index contributed by atoms with van der Waals surface area (Å²) >= 11 is 0. The molecule has 0 saturated carbocycles. The molecule has 0 aliphatic carbocycles. The Bertz CT molecular complexity index is 487. The van der Waals surface area contributed by atoms with Crippen molar-refractivity contribution in [1.82, 2.24) is 10.6 Å². The largest absolute Gasteiger partial charge is 0.392 e. The molecule has 116 valence electrons. The van der Waals surface area contributed by atoms with E-state index in [-0.39, 0.29) is 18.0 Å². The van der Waals surface area contributed by atoms with E-state index in [0.29, 0.717) is 18.9 Å². The van der Waals surface area contributed by atoms with Crippen molar-refractivity contribution in [3.8, 4) is 0 Å². The van der Waals surface area contributed by atoms with E-state index >= 15 is 0 Å². The van der Waals surface area contributed by atoms with Gasteiger partial charge in [-0.2, -0.15) is 0 Å². The van der Waals surface area contributed by atoms with E-state index in [1.165, 1.54) is 11.1 Å². The van der Waals surface area contributed by atoms with Gasteiger partial charge in [-0.25, -0.2) is 0 Å². The van der Waals surface area contributed by atoms with Gasteiger partial charge in [0, 0.05) is 6.54 Å². The molecule has 1 heterocycles. The number of rotatable bonds is 5. The molecule has 1 aromatic carbocycles. The maximum Gasteiger partial charge on any atom is 0.237 e. The highest BCUT2D eigenvalue weighted by Crippen LogP contribution is 2.24. The molecule has 1 fully saturated rings. The fraction of sp³-hybridized carbons (Fsp3) is 0.588. The van der Waals surface area contributed by atoms with Crippen molar-refractivity contribution >= 4 is 5.91 Å². The smallest absolute Gasteiger partial charge is 0.237 e. The number of carbonyl (C=O) groups is 1. The number of β-amino-alcohol motifs (C(OH)–C–C–N with tert-alkyl or cyclic N) is 1. The van der Waals surface area contributed by atoms with Crippen molar-refractivity contribution in [2.75, 3.05) is 6.54 Å². The van der Waals surface area contributed by atoms with Crippen molar-refractivity contribution in [3.63, 3.8) is 0 Å². The minimum atomic E-state index is -0.414. The van der Waals surface area contributed by atoms with Crippen LogP contribution >= 0.6 is 0 Å². The summed E-state index contributed by atoms with van der Waals surface area (Å²) in [5.41, 5.74) is 2.38. The number of aliphatic hydroxyl groups is 1. The van der Waals surface area contributed by atoms with Gasteiger partial charge in [0.15, 0.2) is 0 Å². The van der Waals surface area contributed by atoms with Crippen LogP contribution in [0.4, 0.5) is 0 Å². The first-order valence-corrected chi connectivity index (χ1v) is 7.74. The average molecular weight is 290 g/mol. The van der Waals surface area contributed by atoms with E-state index in [1.54, 1.807) is 0 Å². The number of aryl methyl sites for hydroxylation is 1. The number of benzene rings is 1. The van der Waals surface area contributed by atoms with Gasteiger partial charge in [-0.15, -0.1) is 0 Å². The van der Waals surface area contributed by atoms with Crippen LogP contribution in [-0.4, -0.2) is 29.7 Å². The van der Waals surface area contributed by atoms with Gasteiger partial charge in [0.2, 0.25) is 5.91 Å². The second-order valence-corrected chi connectivity index (χ2v) is 6.40. The van der Waals surface area contributed by atoms with Gasteiger partial charge in [-0.1, -0.05) is 38.1 Å². The molecule has 0 spiro atoms. The van der Waals surface area contributed by atoms with Gasteiger partial charge in [-0.05, 0) is 36.8 Å². The van der Waals surface area contributed by atoms with E-state index in [0.717, 1.165) is 6.42 Å². The molecule has 3 atom stereocenters. The lowest BCUT2D eigenvalue weighted by atomic mass is 9.93. The average Bonchev–Trinajstić information content (AvgIpc) is 2.85. The van der Waals surface area contributed by atoms with Crippen LogP contribution < -0.4 is 10.6 Å². The minimum Gasteiger partial charge on any atom is -0.392 e. The summed E-state index contributed by atoms with van der Waals surface area (Å²) in [6, 6.07) is 7.93. The predicted molar refractivity (Wildman–Crippen MR) is 83.9 cm³/mol. The normalized spacial score (nSPS) is 23.3. The molecule has 3 N–H and O–H groups in total. The summed E-state index contributed by atoms with van der Waals surface area (Å²) in [4.78, 5) is 12.4. The summed E-state index contributed by atoms with van der Waals surface area (Å²) in [5.74, 6) is 0.484. The molecule has 1 amide bonds. The Morgan fingerprint density at radius 1 is 1.43 bits per heavy atom. The highest BCUT2D eigenvalue weighted by Gasteiger charge is 2.29. The number of amides is 1. The maximum atomic E-state index is 12.4. The first-order chi connectivity index (χ1) is 9.97. The third-order valence-corrected chi connectivity index (χ3v) is 4.01. The predicted octanol–water partition coefficient (Wildman–Crippen LogP) is 1.92. The molecule has 3 unspecified atom stereocenters. The lowest BCUT2D eigenvalue weighted by molar-refractivity contribution is -0.123. The number of hydrogen-bond acceptors (Lipinski definition) is 3. The molecule has 4 nitrogen and oxygen atoms in total. The topological polar surface area (TPSA) is 61.4 Å². The molecule has 4 heteroatoms. The highest BCUT2D eigenvalue weighted by atomic mass is 16.3. The Labute approximate surface area is 126 Å². The van der Waals surface area contributed by atoms with Crippen molar-refractivity contribution < 1.29 is 9.90 Å². The van der Waals surface area contributed by atoms with Crippen LogP contribution in [0.5, 0.6) is 0 Å². The zero-order valence-electron chi connectivity index (χ0n) is 13.1. The minimum absolute atomic E-state index is 0.0135. The summed E-state index contributed by atoms with van der Waals surface area (Å²) in [6.07, 6.45) is 0.989. The molecular formula is C17H26N2O2. The van der Waals surface area contributed by atoms with Gasteiger partial charge in [0.05, 0.1) is 18.2 Å². The second kappa shape index (κ2) is 7.05. The number of aliphatic hydroxyl groups excluding tert-OH is 1. The van der Waals surface area contributed by atoms with E-state index in [2.05, 4.69) is 43.5 Å². The monoisotopic (exact) mass is 290 g/mol. The van der Waals surface area contributed by atoms with Crippen molar-refractivity contribution in [2.45, 2.75) is 51.8 Å². The van der Waals surface area contributed by atoms with Crippen molar-refractivity contribution in [2.24, 2.45) is 5.92 Å². The molecule has 0 radical (unpaired) electrons. The fourth-order valence-corrected chi connectivity index (χ4v) is 2.90. The van der Waals surface area contributed by atoms with Crippen LogP contribution in [0.1, 0.15) is 43.9 Å². The zero-order chi connectivity index (χ0) is 15.4. The third-order valence-electron chi connectivity index (χ3n) is 4.01. The summed E-state index contributed by atoms with van der Waals surface area (Å²) in [5, 5.41) is 15.8. The molecule has 0 aromatic heterocycles. The summed E-state index contributed by atoms with van der Waals surface area (Å²) < 4.78 is 0. The van der Waals surface area contributed by atoms with E-state index in [4.69, 9.17) is 0 Å². The first kappa shape index (κ1) is 16.0. The Morgan fingerprint density at radius 3 is 2.71 bits per heavy atom. The molecule has 1 aliphatic heterocycles. The van der Waals surface area contributed by atoms with Crippen LogP contribution in [-0.2, 0) is 4.79 Å². The van der Waals surface area contributed by atoms with Gasteiger partial charge in [0.25, 0.3) is 0 Å². The summed E-state index contributed by atoms with van der Waals surface area (Å²) in [7, 11) is 0. The molecule has 2 rings (SSSR count). The SMILES string of the molecule is Cc1ccccc1C(CC(C)C)NC(=O)C1CC(O)CN1. The van der Waals surface area contributed by atoms with Crippen molar-refractivity contribution in [1.29, 1.82) is 0 Å². The van der Waals surface area contributed by atoms with E-state index in [9.17, 15) is 9.90 Å². The van der Waals surface area contributed by atoms with E-state index < -0.39 is 6.10 Å². The third kappa shape index (κ3) is 4.29. The van der Waals surface area contributed by atoms with Crippen LogP contribution in [0.3, 0.4) is 0 Å². The van der Waals surface area contributed by atoms with Crippen molar-refractivity contribution in [3.05, 3.63) is 35.4 Å². The fourth-order valence-electron chi connectivity index (χ4n) is 2.90. The molecule has 1 aromatic rings. The Morgan fingerprint density at radius 2 is 2.14 bits per heavy atom. The Hall–Kier alpha value is -1.39. The second-order valence-electron chi connectivity index (χ2n) is 6.40. The first-order valence-electron chi connectivity index (χ1n) is 7.74. The number of hydrogen-bond donors (Lipinski definition) is 3. The standard InChI is InChI=1S/C17H26N2O2/c1-11(2)8-15(14-7-5-4-6-12(14)3)19-17(21)16-9-13(20)10-18-16/h4-7,11,13,15-16,18,20H,8-10H2,1-3H3,(H,19,21). The van der Waals surface area contributed by atoms with Crippen LogP contribution in [0.15, 0.2) is 24.3 Å². The van der Waals surface area contributed by atoms with Crippen LogP contribution in [0.2, 0.25) is 0 Å². The van der Waals surface area contributed by atoms with Gasteiger partial charge in [0.1, 0.15) is 0 Å². The lowest BCUT2D eigenvalue weighted by Gasteiger charge is -2.24. The Kier molecular flexibility index (Phi) is 5.37. The molecule has 21 heavy (non-hydrogen) atoms. The van der Waals surface area contributed by atoms with Crippen LogP contribution in [0.25, 0.3) is 0 Å². The quantitative estimate of drug-likeness (QED) is 0.776. The Balaban J connectivity index is 2.10. The van der Waals surface area contributed by atoms with Gasteiger partial charge >= 0.3 is 0 Å². The van der Waals surface area contributed by atoms with Gasteiger partial charge in [-0.3, -0.25) is 4.79 Å². The number of nitrogens with one attached hydrogen (secondary N) is 2. The maximum absolute atomic E-state index is 12.4. The zero-order valence-corrected chi connectivity index (χ0v) is 13.1. The molecule has 0 bridgehead atoms. The summed E-state index contributed by atoms with van der Waals surface area (Å²) in [6.45, 7) is 6.90. The molecule has 1 aliphatic rings. The van der Waals surface area contributed by atoms with Gasteiger partial charge < -0.3 is 15.7 Å². The molecular weight excluding hydrogens is 264 g/mol. The number of carbonyl (C=O) groups excluding carboxylic acids is 1. The molecule has 1 saturated heterocycles.